The topological polar surface area (TPSA) is 27.7 Å². The number of halogens is 1. The van der Waals surface area contributed by atoms with E-state index in [4.69, 9.17) is 16.3 Å². The van der Waals surface area contributed by atoms with Gasteiger partial charge in [-0.25, -0.2) is 0 Å². The van der Waals surface area contributed by atoms with Gasteiger partial charge in [0.2, 0.25) is 0 Å². The number of likely N-dealkylation sites (tertiary alicyclic amines) is 1. The zero-order chi connectivity index (χ0) is 18.4. The fourth-order valence-electron chi connectivity index (χ4n) is 4.05. The molecule has 0 aliphatic carbocycles. The van der Waals surface area contributed by atoms with E-state index in [1.807, 2.05) is 12.1 Å². The lowest BCUT2D eigenvalue weighted by Gasteiger charge is -2.38. The van der Waals surface area contributed by atoms with Gasteiger partial charge in [0.1, 0.15) is 0 Å². The van der Waals surface area contributed by atoms with Gasteiger partial charge < -0.3 is 10.1 Å². The van der Waals surface area contributed by atoms with Crippen molar-refractivity contribution in [2.45, 2.75) is 39.3 Å². The summed E-state index contributed by atoms with van der Waals surface area (Å²) in [5, 5.41) is 4.67. The maximum Gasteiger partial charge on any atom is 0.0594 e. The largest absolute Gasteiger partial charge is 0.379 e. The summed E-state index contributed by atoms with van der Waals surface area (Å²) in [6.07, 6.45) is 2.56. The number of rotatable bonds is 7. The molecule has 0 bridgehead atoms. The molecule has 0 saturated carbocycles. The van der Waals surface area contributed by atoms with E-state index < -0.39 is 0 Å². The molecular weight excluding hydrogens is 346 g/mol. The van der Waals surface area contributed by atoms with Gasteiger partial charge in [0.15, 0.2) is 0 Å². The van der Waals surface area contributed by atoms with Gasteiger partial charge in [-0.1, -0.05) is 37.6 Å². The number of morpholine rings is 1. The van der Waals surface area contributed by atoms with Crippen LogP contribution in [0.1, 0.15) is 32.3 Å². The molecule has 3 rings (SSSR count). The van der Waals surface area contributed by atoms with Crippen LogP contribution in [0.2, 0.25) is 5.02 Å². The standard InChI is InChI=1S/C21H34ClN3O/c1-21(2,17-24-10-12-26-13-11-24)16-23-20-4-3-9-25(15-20)14-18-5-7-19(22)8-6-18/h5-8,20,23H,3-4,9-17H2,1-2H3/t20-/m0/s1. The molecule has 5 heteroatoms. The Morgan fingerprint density at radius 3 is 2.58 bits per heavy atom. The molecule has 2 fully saturated rings. The Labute approximate surface area is 163 Å². The zero-order valence-electron chi connectivity index (χ0n) is 16.3. The highest BCUT2D eigenvalue weighted by Gasteiger charge is 2.26. The summed E-state index contributed by atoms with van der Waals surface area (Å²) < 4.78 is 5.47. The minimum atomic E-state index is 0.287. The monoisotopic (exact) mass is 379 g/mol. The van der Waals surface area contributed by atoms with Crippen molar-refractivity contribution >= 4 is 11.6 Å². The van der Waals surface area contributed by atoms with E-state index in [1.165, 1.54) is 24.9 Å². The van der Waals surface area contributed by atoms with Crippen LogP contribution < -0.4 is 5.32 Å². The van der Waals surface area contributed by atoms with Crippen LogP contribution in [0.5, 0.6) is 0 Å². The smallest absolute Gasteiger partial charge is 0.0594 e. The molecule has 0 spiro atoms. The molecule has 146 valence electrons. The van der Waals surface area contributed by atoms with E-state index in [0.717, 1.165) is 57.5 Å². The molecule has 2 aliphatic rings. The fraction of sp³-hybridized carbons (Fsp3) is 0.714. The second-order valence-electron chi connectivity index (χ2n) is 8.63. The summed E-state index contributed by atoms with van der Waals surface area (Å²) >= 11 is 6.00. The number of nitrogens with one attached hydrogen (secondary N) is 1. The summed E-state index contributed by atoms with van der Waals surface area (Å²) in [5.74, 6) is 0. The maximum absolute atomic E-state index is 6.00. The maximum atomic E-state index is 6.00. The first kappa shape index (κ1) is 20.1. The minimum Gasteiger partial charge on any atom is -0.379 e. The molecule has 2 saturated heterocycles. The van der Waals surface area contributed by atoms with Gasteiger partial charge >= 0.3 is 0 Å². The van der Waals surface area contributed by atoms with Gasteiger partial charge in [-0.05, 0) is 42.5 Å². The van der Waals surface area contributed by atoms with Crippen molar-refractivity contribution in [3.63, 3.8) is 0 Å². The normalized spacial score (nSPS) is 23.3. The first-order valence-corrected chi connectivity index (χ1v) is 10.4. The van der Waals surface area contributed by atoms with Crippen LogP contribution >= 0.6 is 11.6 Å². The van der Waals surface area contributed by atoms with Crippen LogP contribution in [0.15, 0.2) is 24.3 Å². The molecule has 0 amide bonds. The van der Waals surface area contributed by atoms with Crippen molar-refractivity contribution in [1.29, 1.82) is 0 Å². The molecule has 2 heterocycles. The summed E-state index contributed by atoms with van der Waals surface area (Å²) in [4.78, 5) is 5.11. The molecule has 2 aliphatic heterocycles. The number of hydrogen-bond donors (Lipinski definition) is 1. The van der Waals surface area contributed by atoms with Crippen molar-refractivity contribution < 1.29 is 4.74 Å². The van der Waals surface area contributed by atoms with Crippen LogP contribution in [0.3, 0.4) is 0 Å². The van der Waals surface area contributed by atoms with Gasteiger partial charge in [0, 0.05) is 50.3 Å². The molecule has 1 aromatic rings. The predicted octanol–water partition coefficient (Wildman–Crippen LogP) is 3.25. The third-order valence-electron chi connectivity index (χ3n) is 5.45. The molecule has 0 radical (unpaired) electrons. The minimum absolute atomic E-state index is 0.287. The predicted molar refractivity (Wildman–Crippen MR) is 109 cm³/mol. The Bertz CT molecular complexity index is 543. The van der Waals surface area contributed by atoms with E-state index in [-0.39, 0.29) is 5.41 Å². The average molecular weight is 380 g/mol. The van der Waals surface area contributed by atoms with Gasteiger partial charge in [-0.2, -0.15) is 0 Å². The Balaban J connectivity index is 1.43. The van der Waals surface area contributed by atoms with Gasteiger partial charge in [-0.15, -0.1) is 0 Å². The number of piperidine rings is 1. The third kappa shape index (κ3) is 6.50. The molecule has 0 aromatic heterocycles. The van der Waals surface area contributed by atoms with E-state index in [1.54, 1.807) is 0 Å². The van der Waals surface area contributed by atoms with Crippen molar-refractivity contribution in [3.05, 3.63) is 34.9 Å². The SMILES string of the molecule is CC(C)(CN[C@H]1CCCN(Cc2ccc(Cl)cc2)C1)CN1CCOCC1. The van der Waals surface area contributed by atoms with Crippen LogP contribution in [0, 0.1) is 5.41 Å². The zero-order valence-corrected chi connectivity index (χ0v) is 17.1. The highest BCUT2D eigenvalue weighted by atomic mass is 35.5. The number of nitrogens with zero attached hydrogens (tertiary/aromatic N) is 2. The lowest BCUT2D eigenvalue weighted by atomic mass is 9.91. The Morgan fingerprint density at radius 1 is 1.12 bits per heavy atom. The molecular formula is C21H34ClN3O. The third-order valence-corrected chi connectivity index (χ3v) is 5.70. The van der Waals surface area contributed by atoms with E-state index in [0.29, 0.717) is 6.04 Å². The first-order chi connectivity index (χ1) is 12.5. The number of hydrogen-bond acceptors (Lipinski definition) is 4. The summed E-state index contributed by atoms with van der Waals surface area (Å²) in [6.45, 7) is 14.2. The first-order valence-electron chi connectivity index (χ1n) is 10.0. The van der Waals surface area contributed by atoms with Crippen LogP contribution in [0.25, 0.3) is 0 Å². The van der Waals surface area contributed by atoms with Crippen LogP contribution in [-0.2, 0) is 11.3 Å². The molecule has 26 heavy (non-hydrogen) atoms. The highest BCUT2D eigenvalue weighted by molar-refractivity contribution is 6.30. The van der Waals surface area contributed by atoms with E-state index >= 15 is 0 Å². The summed E-state index contributed by atoms with van der Waals surface area (Å²) in [5.41, 5.74) is 1.64. The Morgan fingerprint density at radius 2 is 1.85 bits per heavy atom. The van der Waals surface area contributed by atoms with Crippen LogP contribution in [0.4, 0.5) is 0 Å². The van der Waals surface area contributed by atoms with Gasteiger partial charge in [0.05, 0.1) is 13.2 Å². The second-order valence-corrected chi connectivity index (χ2v) is 9.07. The lowest BCUT2D eigenvalue weighted by molar-refractivity contribution is 0.0204. The van der Waals surface area contributed by atoms with Crippen molar-refractivity contribution in [2.24, 2.45) is 5.41 Å². The Kier molecular flexibility index (Phi) is 7.35. The summed E-state index contributed by atoms with van der Waals surface area (Å²) in [6, 6.07) is 8.87. The average Bonchev–Trinajstić information content (AvgIpc) is 2.63. The van der Waals surface area contributed by atoms with Crippen molar-refractivity contribution in [3.8, 4) is 0 Å². The highest BCUT2D eigenvalue weighted by Crippen LogP contribution is 2.20. The Hall–Kier alpha value is -0.650. The van der Waals surface area contributed by atoms with E-state index in [2.05, 4.69) is 41.1 Å². The molecule has 1 N–H and O–H groups in total. The quantitative estimate of drug-likeness (QED) is 0.787. The molecule has 0 unspecified atom stereocenters. The fourth-order valence-corrected chi connectivity index (χ4v) is 4.18. The molecule has 4 nitrogen and oxygen atoms in total. The summed E-state index contributed by atoms with van der Waals surface area (Å²) in [7, 11) is 0. The number of benzene rings is 1. The van der Waals surface area contributed by atoms with Gasteiger partial charge in [-0.3, -0.25) is 9.80 Å². The lowest BCUT2D eigenvalue weighted by Crippen LogP contribution is -2.50. The second kappa shape index (κ2) is 9.52. The van der Waals surface area contributed by atoms with Crippen molar-refractivity contribution in [1.82, 2.24) is 15.1 Å². The number of ether oxygens (including phenoxy) is 1. The van der Waals surface area contributed by atoms with Gasteiger partial charge in [0.25, 0.3) is 0 Å². The molecule has 1 atom stereocenters. The van der Waals surface area contributed by atoms with E-state index in [9.17, 15) is 0 Å². The van der Waals surface area contributed by atoms with Crippen molar-refractivity contribution in [2.75, 3.05) is 52.5 Å². The van der Waals surface area contributed by atoms with Crippen LogP contribution in [-0.4, -0.2) is 68.3 Å². The molecule has 1 aromatic carbocycles.